The summed E-state index contributed by atoms with van der Waals surface area (Å²) >= 11 is 12.2. The van der Waals surface area contributed by atoms with Gasteiger partial charge in [0.2, 0.25) is 0 Å². The van der Waals surface area contributed by atoms with Crippen molar-refractivity contribution in [1.29, 1.82) is 0 Å². The van der Waals surface area contributed by atoms with Crippen LogP contribution in [0.1, 0.15) is 52.1 Å². The Balaban J connectivity index is 2.63. The van der Waals surface area contributed by atoms with Crippen LogP contribution in [0.2, 0.25) is 10.0 Å². The van der Waals surface area contributed by atoms with Crippen molar-refractivity contribution in [1.82, 2.24) is 5.32 Å². The van der Waals surface area contributed by atoms with Gasteiger partial charge in [-0.1, -0.05) is 57.0 Å². The fourth-order valence-electron chi connectivity index (χ4n) is 2.32. The number of hydrogen-bond donors (Lipinski definition) is 2. The summed E-state index contributed by atoms with van der Waals surface area (Å²) in [7, 11) is 0. The average molecular weight is 318 g/mol. The Morgan fingerprint density at radius 1 is 1.25 bits per heavy atom. The molecule has 0 amide bonds. The van der Waals surface area contributed by atoms with Gasteiger partial charge in [-0.3, -0.25) is 0 Å². The van der Waals surface area contributed by atoms with Crippen molar-refractivity contribution in [2.45, 2.75) is 52.7 Å². The lowest BCUT2D eigenvalue weighted by Crippen LogP contribution is -2.32. The molecule has 0 saturated heterocycles. The summed E-state index contributed by atoms with van der Waals surface area (Å²) in [4.78, 5) is 0. The molecule has 0 saturated carbocycles. The van der Waals surface area contributed by atoms with Gasteiger partial charge in [0.15, 0.2) is 0 Å². The Labute approximate surface area is 132 Å². The second kappa shape index (κ2) is 7.65. The smallest absolute Gasteiger partial charge is 0.0669 e. The van der Waals surface area contributed by atoms with E-state index in [1.807, 2.05) is 12.1 Å². The summed E-state index contributed by atoms with van der Waals surface area (Å²) in [6.07, 6.45) is 1.32. The van der Waals surface area contributed by atoms with E-state index in [-0.39, 0.29) is 17.6 Å². The van der Waals surface area contributed by atoms with E-state index >= 15 is 0 Å². The van der Waals surface area contributed by atoms with E-state index in [1.165, 1.54) is 0 Å². The van der Waals surface area contributed by atoms with Crippen molar-refractivity contribution in [3.05, 3.63) is 33.8 Å². The first-order valence-electron chi connectivity index (χ1n) is 7.09. The summed E-state index contributed by atoms with van der Waals surface area (Å²) in [5.74, 6) is 0. The average Bonchev–Trinajstić information content (AvgIpc) is 2.29. The molecule has 0 aliphatic carbocycles. The van der Waals surface area contributed by atoms with E-state index in [2.05, 4.69) is 33.0 Å². The molecule has 0 bridgehead atoms. The number of nitrogens with one attached hydrogen (secondary N) is 1. The van der Waals surface area contributed by atoms with E-state index in [0.29, 0.717) is 16.6 Å². The van der Waals surface area contributed by atoms with E-state index in [4.69, 9.17) is 23.2 Å². The van der Waals surface area contributed by atoms with Crippen LogP contribution in [0, 0.1) is 5.41 Å². The third kappa shape index (κ3) is 6.01. The number of halogens is 2. The van der Waals surface area contributed by atoms with Crippen molar-refractivity contribution in [2.24, 2.45) is 5.41 Å². The molecule has 0 fully saturated rings. The summed E-state index contributed by atoms with van der Waals surface area (Å²) < 4.78 is 0. The van der Waals surface area contributed by atoms with Gasteiger partial charge >= 0.3 is 0 Å². The first kappa shape index (κ1) is 17.8. The molecule has 1 aromatic carbocycles. The first-order valence-corrected chi connectivity index (χ1v) is 7.85. The van der Waals surface area contributed by atoms with Crippen molar-refractivity contribution >= 4 is 23.2 Å². The highest BCUT2D eigenvalue weighted by Gasteiger charge is 2.19. The van der Waals surface area contributed by atoms with Crippen LogP contribution in [-0.4, -0.2) is 17.8 Å². The lowest BCUT2D eigenvalue weighted by atomic mass is 9.89. The maximum Gasteiger partial charge on any atom is 0.0669 e. The van der Waals surface area contributed by atoms with E-state index in [1.54, 1.807) is 6.07 Å². The summed E-state index contributed by atoms with van der Waals surface area (Å²) in [5, 5.41) is 14.8. The van der Waals surface area contributed by atoms with Crippen LogP contribution >= 0.6 is 23.2 Å². The largest absolute Gasteiger partial charge is 0.392 e. The molecule has 0 radical (unpaired) electrons. The molecular formula is C16H25Cl2NO. The van der Waals surface area contributed by atoms with Crippen LogP contribution in [0.25, 0.3) is 0 Å². The first-order chi connectivity index (χ1) is 9.23. The molecule has 2 nitrogen and oxygen atoms in total. The Morgan fingerprint density at radius 2 is 1.90 bits per heavy atom. The van der Waals surface area contributed by atoms with E-state index < -0.39 is 0 Å². The van der Waals surface area contributed by atoms with Crippen LogP contribution < -0.4 is 5.32 Å². The summed E-state index contributed by atoms with van der Waals surface area (Å²) in [6.45, 7) is 9.05. The second-order valence-corrected chi connectivity index (χ2v) is 7.30. The highest BCUT2D eigenvalue weighted by Crippen LogP contribution is 2.28. The molecular weight excluding hydrogens is 293 g/mol. The molecule has 1 aromatic rings. The molecule has 0 spiro atoms. The minimum absolute atomic E-state index is 0.126. The molecule has 4 heteroatoms. The Bertz CT molecular complexity index is 429. The quantitative estimate of drug-likeness (QED) is 0.787. The molecule has 0 aliphatic heterocycles. The van der Waals surface area contributed by atoms with Crippen molar-refractivity contribution in [2.75, 3.05) is 6.54 Å². The van der Waals surface area contributed by atoms with E-state index in [0.717, 1.165) is 18.4 Å². The third-order valence-corrected chi connectivity index (χ3v) is 3.76. The van der Waals surface area contributed by atoms with Crippen molar-refractivity contribution in [3.8, 4) is 0 Å². The van der Waals surface area contributed by atoms with Gasteiger partial charge in [-0.25, -0.2) is 0 Å². The fraction of sp³-hybridized carbons (Fsp3) is 0.625. The predicted octanol–water partition coefficient (Wildman–Crippen LogP) is 4.83. The summed E-state index contributed by atoms with van der Waals surface area (Å²) in [6, 6.07) is 5.68. The molecule has 0 aromatic heterocycles. The van der Waals surface area contributed by atoms with Crippen LogP contribution in [0.15, 0.2) is 18.2 Å². The van der Waals surface area contributed by atoms with Crippen LogP contribution in [-0.2, 0) is 0 Å². The SMILES string of the molecule is CCC(NCC(O)CC(C)(C)C)c1ccc(Cl)cc1Cl. The molecule has 0 aliphatic rings. The Kier molecular flexibility index (Phi) is 6.80. The number of rotatable bonds is 6. The van der Waals surface area contributed by atoms with Gasteiger partial charge in [0.05, 0.1) is 6.10 Å². The minimum Gasteiger partial charge on any atom is -0.392 e. The molecule has 0 heterocycles. The molecule has 20 heavy (non-hydrogen) atoms. The number of benzene rings is 1. The van der Waals surface area contributed by atoms with Crippen LogP contribution in [0.3, 0.4) is 0 Å². The monoisotopic (exact) mass is 317 g/mol. The van der Waals surface area contributed by atoms with Gasteiger partial charge in [0.1, 0.15) is 0 Å². The van der Waals surface area contributed by atoms with Crippen LogP contribution in [0.4, 0.5) is 0 Å². The molecule has 2 unspecified atom stereocenters. The molecule has 2 atom stereocenters. The standard InChI is InChI=1S/C16H25Cl2NO/c1-5-15(13-7-6-11(17)8-14(13)18)19-10-12(20)9-16(2,3)4/h6-8,12,15,19-20H,5,9-10H2,1-4H3. The predicted molar refractivity (Wildman–Crippen MR) is 87.6 cm³/mol. The third-order valence-electron chi connectivity index (χ3n) is 3.19. The van der Waals surface area contributed by atoms with Crippen molar-refractivity contribution < 1.29 is 5.11 Å². The van der Waals surface area contributed by atoms with Gasteiger partial charge in [0.25, 0.3) is 0 Å². The second-order valence-electron chi connectivity index (χ2n) is 6.45. The molecule has 2 N–H and O–H groups in total. The minimum atomic E-state index is -0.352. The normalized spacial score (nSPS) is 15.2. The topological polar surface area (TPSA) is 32.3 Å². The van der Waals surface area contributed by atoms with Gasteiger partial charge in [-0.15, -0.1) is 0 Å². The highest BCUT2D eigenvalue weighted by atomic mass is 35.5. The molecule has 1 rings (SSSR count). The lowest BCUT2D eigenvalue weighted by Gasteiger charge is -2.25. The van der Waals surface area contributed by atoms with Gasteiger partial charge in [0, 0.05) is 22.6 Å². The van der Waals surface area contributed by atoms with Gasteiger partial charge in [-0.05, 0) is 36.0 Å². The highest BCUT2D eigenvalue weighted by molar-refractivity contribution is 6.35. The van der Waals surface area contributed by atoms with Gasteiger partial charge < -0.3 is 10.4 Å². The Hall–Kier alpha value is -0.280. The van der Waals surface area contributed by atoms with Gasteiger partial charge in [-0.2, -0.15) is 0 Å². The zero-order valence-electron chi connectivity index (χ0n) is 12.7. The lowest BCUT2D eigenvalue weighted by molar-refractivity contribution is 0.116. The fourth-order valence-corrected chi connectivity index (χ4v) is 2.86. The summed E-state index contributed by atoms with van der Waals surface area (Å²) in [5.41, 5.74) is 1.15. The zero-order chi connectivity index (χ0) is 15.3. The van der Waals surface area contributed by atoms with E-state index in [9.17, 15) is 5.11 Å². The number of hydrogen-bond acceptors (Lipinski definition) is 2. The maximum atomic E-state index is 10.1. The number of aliphatic hydroxyl groups excluding tert-OH is 1. The van der Waals surface area contributed by atoms with Crippen molar-refractivity contribution in [3.63, 3.8) is 0 Å². The van der Waals surface area contributed by atoms with Crippen LogP contribution in [0.5, 0.6) is 0 Å². The number of aliphatic hydroxyl groups is 1. The Morgan fingerprint density at radius 3 is 2.40 bits per heavy atom. The molecule has 114 valence electrons. The zero-order valence-corrected chi connectivity index (χ0v) is 14.2. The maximum absolute atomic E-state index is 10.1.